The van der Waals surface area contributed by atoms with Crippen molar-refractivity contribution in [1.29, 1.82) is 0 Å². The maximum atomic E-state index is 12.9. The quantitative estimate of drug-likeness (QED) is 0.802. The molecule has 1 amide bonds. The van der Waals surface area contributed by atoms with Crippen LogP contribution in [0.1, 0.15) is 16.7 Å². The van der Waals surface area contributed by atoms with Crippen molar-refractivity contribution in [3.63, 3.8) is 0 Å². The number of aryl methyl sites for hydroxylation is 1. The van der Waals surface area contributed by atoms with Crippen molar-refractivity contribution >= 4 is 17.7 Å². The molecule has 0 aliphatic rings. The smallest absolute Gasteiger partial charge is 0.232 e. The number of hydrogen-bond acceptors (Lipinski definition) is 2. The van der Waals surface area contributed by atoms with Gasteiger partial charge in [0.1, 0.15) is 5.82 Å². The van der Waals surface area contributed by atoms with Crippen LogP contribution in [0.2, 0.25) is 0 Å². The molecule has 0 aliphatic heterocycles. The Morgan fingerprint density at radius 3 is 2.55 bits per heavy atom. The van der Waals surface area contributed by atoms with Gasteiger partial charge in [-0.1, -0.05) is 42.0 Å². The molecule has 0 saturated heterocycles. The SMILES string of the molecule is Cc1cccc(CSCC(=O)N(C)Cc2ccc(F)cc2)c1. The van der Waals surface area contributed by atoms with E-state index in [-0.39, 0.29) is 11.7 Å². The Hall–Kier alpha value is -1.81. The zero-order valence-electron chi connectivity index (χ0n) is 12.9. The van der Waals surface area contributed by atoms with Gasteiger partial charge in [-0.05, 0) is 30.2 Å². The van der Waals surface area contributed by atoms with E-state index in [2.05, 4.69) is 25.1 Å². The Balaban J connectivity index is 1.77. The lowest BCUT2D eigenvalue weighted by Crippen LogP contribution is -2.27. The minimum absolute atomic E-state index is 0.0852. The molecule has 0 aliphatic carbocycles. The van der Waals surface area contributed by atoms with E-state index in [0.717, 1.165) is 11.3 Å². The molecule has 116 valence electrons. The summed E-state index contributed by atoms with van der Waals surface area (Å²) < 4.78 is 12.9. The Labute approximate surface area is 135 Å². The Morgan fingerprint density at radius 2 is 1.86 bits per heavy atom. The van der Waals surface area contributed by atoms with Crippen LogP contribution in [0.5, 0.6) is 0 Å². The molecule has 0 radical (unpaired) electrons. The minimum atomic E-state index is -0.258. The fourth-order valence-corrected chi connectivity index (χ4v) is 3.03. The highest BCUT2D eigenvalue weighted by atomic mass is 32.2. The normalized spacial score (nSPS) is 10.5. The second-order valence-corrected chi connectivity index (χ2v) is 6.34. The molecule has 0 spiro atoms. The lowest BCUT2D eigenvalue weighted by Gasteiger charge is -2.17. The van der Waals surface area contributed by atoms with Crippen LogP contribution >= 0.6 is 11.8 Å². The molecule has 0 aromatic heterocycles. The van der Waals surface area contributed by atoms with Gasteiger partial charge >= 0.3 is 0 Å². The summed E-state index contributed by atoms with van der Waals surface area (Å²) in [5, 5.41) is 0. The first-order valence-corrected chi connectivity index (χ1v) is 8.32. The Bertz CT molecular complexity index is 627. The molecule has 2 nitrogen and oxygen atoms in total. The largest absolute Gasteiger partial charge is 0.341 e. The Kier molecular flexibility index (Phi) is 6.01. The molecule has 0 heterocycles. The van der Waals surface area contributed by atoms with Gasteiger partial charge in [0.2, 0.25) is 5.91 Å². The summed E-state index contributed by atoms with van der Waals surface area (Å²) in [4.78, 5) is 13.8. The van der Waals surface area contributed by atoms with Gasteiger partial charge in [-0.2, -0.15) is 0 Å². The van der Waals surface area contributed by atoms with E-state index >= 15 is 0 Å². The van der Waals surface area contributed by atoms with Crippen LogP contribution in [0, 0.1) is 12.7 Å². The number of rotatable bonds is 6. The molecular formula is C18H20FNOS. The van der Waals surface area contributed by atoms with Gasteiger partial charge in [-0.3, -0.25) is 4.79 Å². The average molecular weight is 317 g/mol. The van der Waals surface area contributed by atoms with E-state index in [1.54, 1.807) is 35.8 Å². The number of amides is 1. The number of halogens is 1. The summed E-state index contributed by atoms with van der Waals surface area (Å²) in [5.41, 5.74) is 3.40. The summed E-state index contributed by atoms with van der Waals surface area (Å²) in [7, 11) is 1.78. The first-order valence-electron chi connectivity index (χ1n) is 7.16. The minimum Gasteiger partial charge on any atom is -0.341 e. The van der Waals surface area contributed by atoms with Gasteiger partial charge in [0.05, 0.1) is 5.75 Å². The number of hydrogen-bond donors (Lipinski definition) is 0. The fourth-order valence-electron chi connectivity index (χ4n) is 2.12. The van der Waals surface area contributed by atoms with Crippen LogP contribution in [-0.4, -0.2) is 23.6 Å². The number of benzene rings is 2. The van der Waals surface area contributed by atoms with Crippen LogP contribution in [0.4, 0.5) is 4.39 Å². The standard InChI is InChI=1S/C18H20FNOS/c1-14-4-3-5-16(10-14)12-22-13-18(21)20(2)11-15-6-8-17(19)9-7-15/h3-10H,11-13H2,1-2H3. The highest BCUT2D eigenvalue weighted by molar-refractivity contribution is 7.99. The second kappa shape index (κ2) is 7.99. The molecule has 4 heteroatoms. The zero-order chi connectivity index (χ0) is 15.9. The van der Waals surface area contributed by atoms with Crippen molar-refractivity contribution in [2.75, 3.05) is 12.8 Å². The number of nitrogens with zero attached hydrogens (tertiary/aromatic N) is 1. The second-order valence-electron chi connectivity index (χ2n) is 5.36. The van der Waals surface area contributed by atoms with Gasteiger partial charge < -0.3 is 4.90 Å². The molecule has 0 bridgehead atoms. The molecule has 0 N–H and O–H groups in total. The van der Waals surface area contributed by atoms with Crippen molar-refractivity contribution in [3.05, 3.63) is 71.0 Å². The van der Waals surface area contributed by atoms with E-state index in [1.165, 1.54) is 23.3 Å². The van der Waals surface area contributed by atoms with E-state index in [9.17, 15) is 9.18 Å². The van der Waals surface area contributed by atoms with Gasteiger partial charge in [0, 0.05) is 19.3 Å². The monoisotopic (exact) mass is 317 g/mol. The molecule has 0 saturated carbocycles. The molecule has 2 aromatic carbocycles. The third-order valence-electron chi connectivity index (χ3n) is 3.34. The highest BCUT2D eigenvalue weighted by Gasteiger charge is 2.09. The van der Waals surface area contributed by atoms with Crippen molar-refractivity contribution in [1.82, 2.24) is 4.90 Å². The van der Waals surface area contributed by atoms with E-state index in [4.69, 9.17) is 0 Å². The summed E-state index contributed by atoms with van der Waals surface area (Å²) in [6.07, 6.45) is 0. The van der Waals surface area contributed by atoms with E-state index in [0.29, 0.717) is 12.3 Å². The lowest BCUT2D eigenvalue weighted by atomic mass is 10.2. The maximum Gasteiger partial charge on any atom is 0.232 e. The first-order chi connectivity index (χ1) is 10.5. The molecule has 2 rings (SSSR count). The van der Waals surface area contributed by atoms with Gasteiger partial charge in [-0.15, -0.1) is 11.8 Å². The fraction of sp³-hybridized carbons (Fsp3) is 0.278. The maximum absolute atomic E-state index is 12.9. The van der Waals surface area contributed by atoms with Crippen LogP contribution in [0.25, 0.3) is 0 Å². The van der Waals surface area contributed by atoms with Crippen LogP contribution in [-0.2, 0) is 17.1 Å². The molecule has 0 atom stereocenters. The predicted molar refractivity (Wildman–Crippen MR) is 90.2 cm³/mol. The van der Waals surface area contributed by atoms with Crippen molar-refractivity contribution in [2.45, 2.75) is 19.2 Å². The summed E-state index contributed by atoms with van der Waals surface area (Å²) in [6.45, 7) is 2.57. The topological polar surface area (TPSA) is 20.3 Å². The third-order valence-corrected chi connectivity index (χ3v) is 4.32. The number of carbonyl (C=O) groups is 1. The molecular weight excluding hydrogens is 297 g/mol. The van der Waals surface area contributed by atoms with E-state index < -0.39 is 0 Å². The van der Waals surface area contributed by atoms with Crippen LogP contribution in [0.3, 0.4) is 0 Å². The Morgan fingerprint density at radius 1 is 1.14 bits per heavy atom. The third kappa shape index (κ3) is 5.19. The van der Waals surface area contributed by atoms with Gasteiger partial charge in [0.15, 0.2) is 0 Å². The summed E-state index contributed by atoms with van der Waals surface area (Å²) in [6, 6.07) is 14.6. The van der Waals surface area contributed by atoms with Crippen LogP contribution < -0.4 is 0 Å². The molecule has 0 fully saturated rings. The van der Waals surface area contributed by atoms with Crippen molar-refractivity contribution in [2.24, 2.45) is 0 Å². The number of carbonyl (C=O) groups excluding carboxylic acids is 1. The summed E-state index contributed by atoms with van der Waals surface area (Å²) >= 11 is 1.61. The van der Waals surface area contributed by atoms with Crippen molar-refractivity contribution < 1.29 is 9.18 Å². The lowest BCUT2D eigenvalue weighted by molar-refractivity contribution is -0.127. The average Bonchev–Trinajstić information content (AvgIpc) is 2.49. The molecule has 0 unspecified atom stereocenters. The molecule has 22 heavy (non-hydrogen) atoms. The highest BCUT2D eigenvalue weighted by Crippen LogP contribution is 2.14. The van der Waals surface area contributed by atoms with Gasteiger partial charge in [-0.25, -0.2) is 4.39 Å². The van der Waals surface area contributed by atoms with Gasteiger partial charge in [0.25, 0.3) is 0 Å². The first kappa shape index (κ1) is 16.6. The number of thioether (sulfide) groups is 1. The van der Waals surface area contributed by atoms with Crippen molar-refractivity contribution in [3.8, 4) is 0 Å². The molecule has 2 aromatic rings. The van der Waals surface area contributed by atoms with E-state index in [1.807, 2.05) is 6.07 Å². The summed E-state index contributed by atoms with van der Waals surface area (Å²) in [5.74, 6) is 1.11. The zero-order valence-corrected chi connectivity index (χ0v) is 13.7. The van der Waals surface area contributed by atoms with Crippen LogP contribution in [0.15, 0.2) is 48.5 Å². The predicted octanol–water partition coefficient (Wildman–Crippen LogP) is 4.03.